The number of benzene rings is 1. The number of hydrogen-bond acceptors (Lipinski definition) is 5. The molecule has 0 saturated carbocycles. The van der Waals surface area contributed by atoms with Gasteiger partial charge in [0.1, 0.15) is 5.69 Å². The fourth-order valence-corrected chi connectivity index (χ4v) is 4.55. The maximum Gasteiger partial charge on any atom is 0.289 e. The molecule has 1 aromatic carbocycles. The molecule has 1 aliphatic heterocycles. The van der Waals surface area contributed by atoms with Crippen LogP contribution in [0, 0.1) is 28.9 Å². The van der Waals surface area contributed by atoms with Crippen LogP contribution in [0.25, 0.3) is 0 Å². The standard InChI is InChI=1S/C20H19N3O4S/c1-16-6-4-8-18(21-16)9-5-7-17-12-14-22(15-13-17)28(26,27)20-11-3-2-10-19(20)23(24)25/h2-4,6-8,10-11H,12-15H2,1H3. The topological polar surface area (TPSA) is 93.4 Å². The summed E-state index contributed by atoms with van der Waals surface area (Å²) in [5, 5.41) is 11.2. The molecule has 0 atom stereocenters. The number of rotatable bonds is 3. The first-order valence-electron chi connectivity index (χ1n) is 8.74. The summed E-state index contributed by atoms with van der Waals surface area (Å²) in [6.07, 6.45) is 2.88. The molecular weight excluding hydrogens is 378 g/mol. The molecular formula is C20H19N3O4S. The normalized spacial score (nSPS) is 14.8. The van der Waals surface area contributed by atoms with Crippen molar-refractivity contribution in [1.29, 1.82) is 0 Å². The monoisotopic (exact) mass is 397 g/mol. The van der Waals surface area contributed by atoms with Crippen LogP contribution in [0.5, 0.6) is 0 Å². The van der Waals surface area contributed by atoms with Gasteiger partial charge in [0, 0.05) is 24.8 Å². The van der Waals surface area contributed by atoms with Crippen LogP contribution in [0.1, 0.15) is 24.2 Å². The lowest BCUT2D eigenvalue weighted by Gasteiger charge is -2.27. The summed E-state index contributed by atoms with van der Waals surface area (Å²) in [6.45, 7) is 2.44. The van der Waals surface area contributed by atoms with Crippen LogP contribution in [0.4, 0.5) is 5.69 Å². The van der Waals surface area contributed by atoms with Crippen LogP contribution in [-0.2, 0) is 10.0 Å². The molecule has 1 fully saturated rings. The van der Waals surface area contributed by atoms with E-state index < -0.39 is 20.6 Å². The van der Waals surface area contributed by atoms with Gasteiger partial charge in [-0.3, -0.25) is 10.1 Å². The highest BCUT2D eigenvalue weighted by atomic mass is 32.2. The second-order valence-corrected chi connectivity index (χ2v) is 8.27. The van der Waals surface area contributed by atoms with Crippen molar-refractivity contribution in [1.82, 2.24) is 9.29 Å². The summed E-state index contributed by atoms with van der Waals surface area (Å²) in [7, 11) is -3.91. The Balaban J connectivity index is 1.71. The SMILES string of the molecule is Cc1cccc(C#CC=C2CCN(S(=O)(=O)c3ccccc3[N+](=O)[O-])CC2)n1. The molecule has 0 N–H and O–H groups in total. The second-order valence-electron chi connectivity index (χ2n) is 6.37. The molecule has 0 bridgehead atoms. The average molecular weight is 397 g/mol. The molecule has 1 aliphatic rings. The number of allylic oxidation sites excluding steroid dienone is 1. The Bertz CT molecular complexity index is 1090. The molecule has 1 aromatic heterocycles. The van der Waals surface area contributed by atoms with E-state index in [1.54, 1.807) is 6.08 Å². The molecule has 1 saturated heterocycles. The van der Waals surface area contributed by atoms with Crippen LogP contribution >= 0.6 is 0 Å². The number of para-hydroxylation sites is 1. The van der Waals surface area contributed by atoms with E-state index in [0.717, 1.165) is 11.3 Å². The van der Waals surface area contributed by atoms with E-state index in [2.05, 4.69) is 16.8 Å². The molecule has 0 amide bonds. The molecule has 0 spiro atoms. The maximum atomic E-state index is 12.8. The van der Waals surface area contributed by atoms with Crippen molar-refractivity contribution in [3.63, 3.8) is 0 Å². The summed E-state index contributed by atoms with van der Waals surface area (Å²) in [5.74, 6) is 5.95. The third-order valence-electron chi connectivity index (χ3n) is 4.41. The largest absolute Gasteiger partial charge is 0.289 e. The Morgan fingerprint density at radius 2 is 1.86 bits per heavy atom. The molecule has 144 valence electrons. The number of hydrogen-bond donors (Lipinski definition) is 0. The Hall–Kier alpha value is -3.02. The number of aromatic nitrogens is 1. The van der Waals surface area contributed by atoms with E-state index in [0.29, 0.717) is 18.5 Å². The summed E-state index contributed by atoms with van der Waals surface area (Å²) < 4.78 is 26.9. The third-order valence-corrected chi connectivity index (χ3v) is 6.36. The number of nitro groups is 1. The van der Waals surface area contributed by atoms with Crippen molar-refractivity contribution >= 4 is 15.7 Å². The predicted octanol–water partition coefficient (Wildman–Crippen LogP) is 3.06. The second kappa shape index (κ2) is 8.33. The molecule has 8 heteroatoms. The number of sulfonamides is 1. The number of pyridine rings is 1. The highest BCUT2D eigenvalue weighted by Gasteiger charge is 2.32. The van der Waals surface area contributed by atoms with E-state index >= 15 is 0 Å². The Morgan fingerprint density at radius 3 is 2.54 bits per heavy atom. The molecule has 2 aromatic rings. The zero-order valence-electron chi connectivity index (χ0n) is 15.3. The summed E-state index contributed by atoms with van der Waals surface area (Å²) >= 11 is 0. The van der Waals surface area contributed by atoms with Gasteiger partial charge in [-0.1, -0.05) is 29.7 Å². The van der Waals surface area contributed by atoms with Crippen LogP contribution in [0.3, 0.4) is 0 Å². The smallest absolute Gasteiger partial charge is 0.258 e. The highest BCUT2D eigenvalue weighted by molar-refractivity contribution is 7.89. The van der Waals surface area contributed by atoms with Gasteiger partial charge in [0.2, 0.25) is 10.0 Å². The van der Waals surface area contributed by atoms with Crippen LogP contribution in [-0.4, -0.2) is 35.7 Å². The molecule has 0 radical (unpaired) electrons. The van der Waals surface area contributed by atoms with Gasteiger partial charge in [0.25, 0.3) is 5.69 Å². The van der Waals surface area contributed by atoms with E-state index in [1.165, 1.54) is 28.6 Å². The molecule has 7 nitrogen and oxygen atoms in total. The Kier molecular flexibility index (Phi) is 5.87. The van der Waals surface area contributed by atoms with E-state index in [-0.39, 0.29) is 18.0 Å². The lowest BCUT2D eigenvalue weighted by atomic mass is 10.1. The van der Waals surface area contributed by atoms with Gasteiger partial charge in [0.15, 0.2) is 4.90 Å². The summed E-state index contributed by atoms with van der Waals surface area (Å²) in [4.78, 5) is 14.5. The van der Waals surface area contributed by atoms with Gasteiger partial charge < -0.3 is 0 Å². The Labute approximate surface area is 163 Å². The zero-order valence-corrected chi connectivity index (χ0v) is 16.1. The van der Waals surface area contributed by atoms with Gasteiger partial charge in [-0.15, -0.1) is 0 Å². The minimum absolute atomic E-state index is 0.266. The molecule has 0 unspecified atom stereocenters. The Morgan fingerprint density at radius 1 is 1.14 bits per heavy atom. The number of aryl methyl sites for hydroxylation is 1. The molecule has 3 rings (SSSR count). The van der Waals surface area contributed by atoms with Crippen LogP contribution < -0.4 is 0 Å². The van der Waals surface area contributed by atoms with Crippen molar-refractivity contribution in [2.24, 2.45) is 0 Å². The average Bonchev–Trinajstić information content (AvgIpc) is 2.68. The maximum absolute atomic E-state index is 12.8. The fraction of sp³-hybridized carbons (Fsp3) is 0.250. The summed E-state index contributed by atoms with van der Waals surface area (Å²) in [5.41, 5.74) is 2.23. The predicted molar refractivity (Wildman–Crippen MR) is 105 cm³/mol. The quantitative estimate of drug-likeness (QED) is 0.451. The molecule has 2 heterocycles. The van der Waals surface area contributed by atoms with Gasteiger partial charge in [-0.2, -0.15) is 4.31 Å². The third kappa shape index (κ3) is 4.44. The van der Waals surface area contributed by atoms with Gasteiger partial charge >= 0.3 is 0 Å². The van der Waals surface area contributed by atoms with E-state index in [1.807, 2.05) is 25.1 Å². The molecule has 28 heavy (non-hydrogen) atoms. The van der Waals surface area contributed by atoms with Crippen molar-refractivity contribution in [3.8, 4) is 11.8 Å². The first kappa shape index (κ1) is 19.7. The number of nitro benzene ring substituents is 1. The zero-order chi connectivity index (χ0) is 20.1. The lowest BCUT2D eigenvalue weighted by molar-refractivity contribution is -0.387. The van der Waals surface area contributed by atoms with Gasteiger partial charge in [0.05, 0.1) is 4.92 Å². The number of nitrogens with zero attached hydrogens (tertiary/aromatic N) is 3. The van der Waals surface area contributed by atoms with Crippen molar-refractivity contribution in [3.05, 3.63) is 75.6 Å². The van der Waals surface area contributed by atoms with E-state index in [4.69, 9.17) is 0 Å². The van der Waals surface area contributed by atoms with Crippen LogP contribution in [0.2, 0.25) is 0 Å². The minimum atomic E-state index is -3.91. The van der Waals surface area contributed by atoms with Gasteiger partial charge in [-0.05, 0) is 50.0 Å². The number of piperidine rings is 1. The van der Waals surface area contributed by atoms with Crippen molar-refractivity contribution < 1.29 is 13.3 Å². The lowest BCUT2D eigenvalue weighted by Crippen LogP contribution is -2.36. The van der Waals surface area contributed by atoms with Crippen molar-refractivity contribution in [2.75, 3.05) is 13.1 Å². The van der Waals surface area contributed by atoms with E-state index in [9.17, 15) is 18.5 Å². The van der Waals surface area contributed by atoms with Gasteiger partial charge in [-0.25, -0.2) is 13.4 Å². The minimum Gasteiger partial charge on any atom is -0.258 e. The van der Waals surface area contributed by atoms with Crippen molar-refractivity contribution in [2.45, 2.75) is 24.7 Å². The first-order chi connectivity index (χ1) is 13.4. The van der Waals surface area contributed by atoms with Crippen LogP contribution in [0.15, 0.2) is 59.0 Å². The molecule has 0 aliphatic carbocycles. The summed E-state index contributed by atoms with van der Waals surface area (Å²) in [6, 6.07) is 11.1. The first-order valence-corrected chi connectivity index (χ1v) is 10.2. The highest BCUT2D eigenvalue weighted by Crippen LogP contribution is 2.29. The fourth-order valence-electron chi connectivity index (χ4n) is 2.95.